The van der Waals surface area contributed by atoms with E-state index in [1.165, 1.54) is 37.7 Å². The van der Waals surface area contributed by atoms with Gasteiger partial charge in [-0.25, -0.2) is 4.98 Å². The van der Waals surface area contributed by atoms with E-state index in [-0.39, 0.29) is 0 Å². The highest BCUT2D eigenvalue weighted by molar-refractivity contribution is 5.99. The van der Waals surface area contributed by atoms with Gasteiger partial charge in [-0.15, -0.1) is 0 Å². The number of pyridine rings is 2. The van der Waals surface area contributed by atoms with Gasteiger partial charge >= 0.3 is 0 Å². The summed E-state index contributed by atoms with van der Waals surface area (Å²) in [7, 11) is 0. The number of aromatic nitrogens is 4. The number of H-pyrrole nitrogens is 1. The maximum Gasteiger partial charge on any atom is 0.137 e. The van der Waals surface area contributed by atoms with Gasteiger partial charge < -0.3 is 5.32 Å². The van der Waals surface area contributed by atoms with E-state index in [0.29, 0.717) is 12.0 Å². The van der Waals surface area contributed by atoms with Crippen molar-refractivity contribution in [3.8, 4) is 11.4 Å². The highest BCUT2D eigenvalue weighted by Crippen LogP contribution is 2.32. The molecule has 0 amide bonds. The van der Waals surface area contributed by atoms with Crippen LogP contribution in [0.5, 0.6) is 0 Å². The van der Waals surface area contributed by atoms with E-state index < -0.39 is 0 Å². The third-order valence-electron chi connectivity index (χ3n) is 5.13. The van der Waals surface area contributed by atoms with Crippen molar-refractivity contribution in [2.24, 2.45) is 5.92 Å². The van der Waals surface area contributed by atoms with Crippen molar-refractivity contribution < 1.29 is 0 Å². The van der Waals surface area contributed by atoms with Gasteiger partial charge in [0.25, 0.3) is 0 Å². The maximum absolute atomic E-state index is 4.63. The molecule has 2 N–H and O–H groups in total. The first-order chi connectivity index (χ1) is 12.7. The van der Waals surface area contributed by atoms with Gasteiger partial charge in [-0.1, -0.05) is 33.1 Å². The van der Waals surface area contributed by atoms with Crippen LogP contribution in [0.25, 0.3) is 22.3 Å². The average molecular weight is 349 g/mol. The third kappa shape index (κ3) is 3.57. The number of fused-ring (bicyclic) bond motifs is 1. The first-order valence-corrected chi connectivity index (χ1v) is 9.75. The normalized spacial score (nSPS) is 15.7. The van der Waals surface area contributed by atoms with Crippen molar-refractivity contribution in [3.63, 3.8) is 0 Å². The number of nitrogens with zero attached hydrogens (tertiary/aromatic N) is 3. The minimum Gasteiger partial charge on any atom is -0.367 e. The highest BCUT2D eigenvalue weighted by atomic mass is 15.1. The maximum atomic E-state index is 4.63. The lowest BCUT2D eigenvalue weighted by molar-refractivity contribution is 0.462. The molecule has 5 nitrogen and oxygen atoms in total. The minimum absolute atomic E-state index is 0.504. The second-order valence-electron chi connectivity index (χ2n) is 7.78. The molecule has 0 bridgehead atoms. The van der Waals surface area contributed by atoms with Gasteiger partial charge in [0, 0.05) is 18.4 Å². The molecule has 1 fully saturated rings. The zero-order valence-electron chi connectivity index (χ0n) is 15.6. The van der Waals surface area contributed by atoms with E-state index in [1.54, 1.807) is 0 Å². The Labute approximate surface area is 154 Å². The van der Waals surface area contributed by atoms with Crippen LogP contribution < -0.4 is 5.32 Å². The number of hydrogen-bond acceptors (Lipinski definition) is 4. The monoisotopic (exact) mass is 349 g/mol. The largest absolute Gasteiger partial charge is 0.367 e. The Morgan fingerprint density at radius 3 is 2.73 bits per heavy atom. The third-order valence-corrected chi connectivity index (χ3v) is 5.13. The lowest BCUT2D eigenvalue weighted by Gasteiger charge is -2.23. The van der Waals surface area contributed by atoms with Gasteiger partial charge in [-0.2, -0.15) is 5.10 Å². The van der Waals surface area contributed by atoms with Crippen molar-refractivity contribution in [2.75, 3.05) is 5.32 Å². The number of hydrogen-bond donors (Lipinski definition) is 2. The van der Waals surface area contributed by atoms with Gasteiger partial charge in [0.05, 0.1) is 16.6 Å². The Hall–Kier alpha value is -2.43. The van der Waals surface area contributed by atoms with Gasteiger partial charge in [0.2, 0.25) is 0 Å². The molecule has 3 aromatic heterocycles. The second kappa shape index (κ2) is 7.44. The van der Waals surface area contributed by atoms with Crippen LogP contribution in [0, 0.1) is 5.92 Å². The predicted octanol–water partition coefficient (Wildman–Crippen LogP) is 4.96. The van der Waals surface area contributed by atoms with E-state index in [1.807, 2.05) is 18.5 Å². The zero-order valence-corrected chi connectivity index (χ0v) is 15.6. The van der Waals surface area contributed by atoms with Crippen LogP contribution in [0.3, 0.4) is 0 Å². The molecule has 3 heterocycles. The van der Waals surface area contributed by atoms with Crippen molar-refractivity contribution in [2.45, 2.75) is 58.4 Å². The van der Waals surface area contributed by atoms with Crippen LogP contribution in [0.2, 0.25) is 0 Å². The van der Waals surface area contributed by atoms with Crippen LogP contribution >= 0.6 is 0 Å². The fraction of sp³-hybridized carbons (Fsp3) is 0.476. The van der Waals surface area contributed by atoms with Crippen LogP contribution in [0.1, 0.15) is 51.5 Å². The topological polar surface area (TPSA) is 66.5 Å². The number of aromatic amines is 1. The molecule has 1 saturated carbocycles. The van der Waals surface area contributed by atoms with Crippen LogP contribution in [-0.4, -0.2) is 26.2 Å². The Kier molecular flexibility index (Phi) is 4.87. The van der Waals surface area contributed by atoms with E-state index in [4.69, 9.17) is 0 Å². The van der Waals surface area contributed by atoms with Crippen molar-refractivity contribution in [3.05, 3.63) is 36.2 Å². The average Bonchev–Trinajstić information content (AvgIpc) is 3.07. The lowest BCUT2D eigenvalue weighted by atomic mass is 9.95. The molecule has 136 valence electrons. The summed E-state index contributed by atoms with van der Waals surface area (Å²) in [6.45, 7) is 4.47. The van der Waals surface area contributed by atoms with E-state index in [0.717, 1.165) is 34.5 Å². The summed E-state index contributed by atoms with van der Waals surface area (Å²) < 4.78 is 0. The molecule has 0 unspecified atom stereocenters. The summed E-state index contributed by atoms with van der Waals surface area (Å²) in [5, 5.41) is 12.4. The molecule has 26 heavy (non-hydrogen) atoms. The Bertz CT molecular complexity index is 877. The van der Waals surface area contributed by atoms with E-state index in [2.05, 4.69) is 51.5 Å². The molecule has 1 aliphatic rings. The van der Waals surface area contributed by atoms with Crippen LogP contribution in [0.15, 0.2) is 30.6 Å². The zero-order chi connectivity index (χ0) is 17.9. The Balaban J connectivity index is 1.71. The number of anilines is 1. The molecule has 0 saturated heterocycles. The molecule has 0 radical (unpaired) electrons. The van der Waals surface area contributed by atoms with Crippen molar-refractivity contribution >= 4 is 16.7 Å². The fourth-order valence-corrected chi connectivity index (χ4v) is 3.90. The standard InChI is InChI=1S/C21H27N5/c1-14(2)12-15-8-10-22-18(13-15)20-19-17(25-26-20)9-11-23-21(19)24-16-6-4-3-5-7-16/h8-11,13-14,16H,3-7,12H2,1-2H3,(H,23,24)(H,25,26). The highest BCUT2D eigenvalue weighted by Gasteiger charge is 2.19. The number of rotatable bonds is 5. The van der Waals surface area contributed by atoms with E-state index in [9.17, 15) is 0 Å². The van der Waals surface area contributed by atoms with Crippen molar-refractivity contribution in [1.82, 2.24) is 20.2 Å². The van der Waals surface area contributed by atoms with Crippen LogP contribution in [-0.2, 0) is 6.42 Å². The Morgan fingerprint density at radius 2 is 1.92 bits per heavy atom. The molecule has 3 aromatic rings. The lowest BCUT2D eigenvalue weighted by Crippen LogP contribution is -2.22. The predicted molar refractivity (Wildman–Crippen MR) is 106 cm³/mol. The SMILES string of the molecule is CC(C)Cc1ccnc(-c2n[nH]c3ccnc(NC4CCCCC4)c23)c1. The summed E-state index contributed by atoms with van der Waals surface area (Å²) in [6.07, 6.45) is 11.1. The Morgan fingerprint density at radius 1 is 1.12 bits per heavy atom. The summed E-state index contributed by atoms with van der Waals surface area (Å²) in [4.78, 5) is 9.22. The molecule has 0 aliphatic heterocycles. The molecule has 4 rings (SSSR count). The summed E-state index contributed by atoms with van der Waals surface area (Å²) in [5.74, 6) is 1.54. The molecular weight excluding hydrogens is 322 g/mol. The quantitative estimate of drug-likeness (QED) is 0.683. The minimum atomic E-state index is 0.504. The fourth-order valence-electron chi connectivity index (χ4n) is 3.90. The summed E-state index contributed by atoms with van der Waals surface area (Å²) in [6, 6.07) is 6.74. The van der Waals surface area contributed by atoms with E-state index >= 15 is 0 Å². The molecule has 5 heteroatoms. The molecular formula is C21H27N5. The van der Waals surface area contributed by atoms with Crippen molar-refractivity contribution in [1.29, 1.82) is 0 Å². The second-order valence-corrected chi connectivity index (χ2v) is 7.78. The molecule has 1 aliphatic carbocycles. The smallest absolute Gasteiger partial charge is 0.137 e. The van der Waals surface area contributed by atoms with Gasteiger partial charge in [-0.3, -0.25) is 10.1 Å². The molecule has 0 spiro atoms. The molecule has 0 aromatic carbocycles. The summed E-state index contributed by atoms with van der Waals surface area (Å²) in [5.41, 5.74) is 4.10. The van der Waals surface area contributed by atoms with Gasteiger partial charge in [-0.05, 0) is 48.9 Å². The van der Waals surface area contributed by atoms with Crippen LogP contribution in [0.4, 0.5) is 5.82 Å². The first kappa shape index (κ1) is 17.0. The summed E-state index contributed by atoms with van der Waals surface area (Å²) >= 11 is 0. The molecule has 0 atom stereocenters. The van der Waals surface area contributed by atoms with Gasteiger partial charge in [0.1, 0.15) is 11.5 Å². The van der Waals surface area contributed by atoms with Gasteiger partial charge in [0.15, 0.2) is 0 Å². The number of nitrogens with one attached hydrogen (secondary N) is 2. The first-order valence-electron chi connectivity index (χ1n) is 9.75.